The predicted molar refractivity (Wildman–Crippen MR) is 131 cm³/mol. The van der Waals surface area contributed by atoms with Crippen LogP contribution in [0.2, 0.25) is 0 Å². The minimum absolute atomic E-state index is 0. The second-order valence-electron chi connectivity index (χ2n) is 7.13. The van der Waals surface area contributed by atoms with E-state index in [0.29, 0.717) is 30.1 Å². The standard InChI is InChI=1S/C22H30N4O3.HI/c1-16-14-26(9-10-29-16)15-18-6-4-5-17(11-18)13-24-22(23)25-19-7-8-20(27-2)21(12-19)28-3;/h4-8,11-12,16H,9-10,13-15H2,1-3H3,(H3,23,24,25);1H. The summed E-state index contributed by atoms with van der Waals surface area (Å²) in [5, 5.41) is 3.09. The highest BCUT2D eigenvalue weighted by Crippen LogP contribution is 2.29. The van der Waals surface area contributed by atoms with Crippen molar-refractivity contribution < 1.29 is 14.2 Å². The Balaban J connectivity index is 0.00000320. The largest absolute Gasteiger partial charge is 0.493 e. The number of guanidine groups is 1. The lowest BCUT2D eigenvalue weighted by molar-refractivity contribution is -0.0212. The lowest BCUT2D eigenvalue weighted by Gasteiger charge is -2.31. The number of anilines is 1. The third-order valence-electron chi connectivity index (χ3n) is 4.81. The number of aliphatic imine (C=N–C) groups is 1. The van der Waals surface area contributed by atoms with E-state index in [1.807, 2.05) is 18.2 Å². The Bertz CT molecular complexity index is 847. The van der Waals surface area contributed by atoms with Gasteiger partial charge in [-0.25, -0.2) is 4.99 Å². The van der Waals surface area contributed by atoms with Gasteiger partial charge in [0.2, 0.25) is 0 Å². The van der Waals surface area contributed by atoms with Crippen molar-refractivity contribution >= 4 is 35.6 Å². The Morgan fingerprint density at radius 1 is 1.17 bits per heavy atom. The maximum absolute atomic E-state index is 6.06. The molecule has 0 aliphatic carbocycles. The van der Waals surface area contributed by atoms with Crippen molar-refractivity contribution in [1.82, 2.24) is 4.90 Å². The summed E-state index contributed by atoms with van der Waals surface area (Å²) in [4.78, 5) is 6.89. The number of benzene rings is 2. The third-order valence-corrected chi connectivity index (χ3v) is 4.81. The summed E-state index contributed by atoms with van der Waals surface area (Å²) >= 11 is 0. The number of ether oxygens (including phenoxy) is 3. The van der Waals surface area contributed by atoms with Gasteiger partial charge in [-0.2, -0.15) is 0 Å². The first-order valence-electron chi connectivity index (χ1n) is 9.78. The molecule has 1 atom stereocenters. The fourth-order valence-electron chi connectivity index (χ4n) is 3.40. The van der Waals surface area contributed by atoms with E-state index in [1.54, 1.807) is 14.2 Å². The third kappa shape index (κ3) is 7.03. The first-order valence-corrected chi connectivity index (χ1v) is 9.78. The summed E-state index contributed by atoms with van der Waals surface area (Å²) in [6.45, 7) is 6.28. The zero-order chi connectivity index (χ0) is 20.6. The van der Waals surface area contributed by atoms with E-state index in [0.717, 1.165) is 37.5 Å². The first kappa shape index (κ1) is 24.2. The second kappa shape index (κ2) is 12.0. The zero-order valence-electron chi connectivity index (χ0n) is 17.8. The van der Waals surface area contributed by atoms with Gasteiger partial charge in [0.1, 0.15) is 0 Å². The number of morpholine rings is 1. The molecule has 1 aliphatic rings. The Hall–Kier alpha value is -2.04. The van der Waals surface area contributed by atoms with E-state index in [1.165, 1.54) is 5.56 Å². The molecule has 0 amide bonds. The molecule has 1 aliphatic heterocycles. The fourth-order valence-corrected chi connectivity index (χ4v) is 3.40. The average Bonchev–Trinajstić information content (AvgIpc) is 2.72. The van der Waals surface area contributed by atoms with Gasteiger partial charge in [-0.15, -0.1) is 24.0 Å². The molecule has 8 heteroatoms. The highest BCUT2D eigenvalue weighted by atomic mass is 127. The summed E-state index contributed by atoms with van der Waals surface area (Å²) in [5.41, 5.74) is 9.26. The molecule has 0 spiro atoms. The number of nitrogens with zero attached hydrogens (tertiary/aromatic N) is 2. The molecule has 0 aromatic heterocycles. The summed E-state index contributed by atoms with van der Waals surface area (Å²) in [6.07, 6.45) is 0.291. The summed E-state index contributed by atoms with van der Waals surface area (Å²) in [5.74, 6) is 1.65. The number of hydrogen-bond acceptors (Lipinski definition) is 5. The highest BCUT2D eigenvalue weighted by Gasteiger charge is 2.16. The molecule has 1 heterocycles. The van der Waals surface area contributed by atoms with Crippen LogP contribution in [-0.4, -0.2) is 50.9 Å². The van der Waals surface area contributed by atoms with Crippen LogP contribution in [-0.2, 0) is 17.8 Å². The van der Waals surface area contributed by atoms with Crippen LogP contribution < -0.4 is 20.5 Å². The molecular weight excluding hydrogens is 495 g/mol. The molecule has 0 radical (unpaired) electrons. The van der Waals surface area contributed by atoms with Crippen LogP contribution in [0.3, 0.4) is 0 Å². The van der Waals surface area contributed by atoms with Crippen LogP contribution in [0, 0.1) is 0 Å². The van der Waals surface area contributed by atoms with E-state index < -0.39 is 0 Å². The van der Waals surface area contributed by atoms with Crippen LogP contribution in [0.5, 0.6) is 11.5 Å². The van der Waals surface area contributed by atoms with Crippen molar-refractivity contribution in [2.75, 3.05) is 39.2 Å². The SMILES string of the molecule is COc1ccc(NC(N)=NCc2cccc(CN3CCOC(C)C3)c2)cc1OC.I. The van der Waals surface area contributed by atoms with Crippen molar-refractivity contribution in [1.29, 1.82) is 0 Å². The van der Waals surface area contributed by atoms with E-state index in [4.69, 9.17) is 19.9 Å². The minimum Gasteiger partial charge on any atom is -0.493 e. The smallest absolute Gasteiger partial charge is 0.193 e. The minimum atomic E-state index is 0. The zero-order valence-corrected chi connectivity index (χ0v) is 20.1. The van der Waals surface area contributed by atoms with Crippen molar-refractivity contribution in [3.8, 4) is 11.5 Å². The molecular formula is C22H31IN4O3. The molecule has 164 valence electrons. The maximum Gasteiger partial charge on any atom is 0.193 e. The van der Waals surface area contributed by atoms with E-state index in [-0.39, 0.29) is 24.0 Å². The van der Waals surface area contributed by atoms with Gasteiger partial charge in [-0.05, 0) is 30.2 Å². The lowest BCUT2D eigenvalue weighted by Crippen LogP contribution is -2.40. The Morgan fingerprint density at radius 3 is 2.67 bits per heavy atom. The number of rotatable bonds is 7. The molecule has 0 bridgehead atoms. The van der Waals surface area contributed by atoms with Gasteiger partial charge in [0.15, 0.2) is 17.5 Å². The average molecular weight is 526 g/mol. The number of hydrogen-bond donors (Lipinski definition) is 2. The molecule has 1 saturated heterocycles. The summed E-state index contributed by atoms with van der Waals surface area (Å²) < 4.78 is 16.2. The van der Waals surface area contributed by atoms with Crippen LogP contribution >= 0.6 is 24.0 Å². The monoisotopic (exact) mass is 526 g/mol. The second-order valence-corrected chi connectivity index (χ2v) is 7.13. The van der Waals surface area contributed by atoms with E-state index >= 15 is 0 Å². The summed E-state index contributed by atoms with van der Waals surface area (Å²) in [6, 6.07) is 14.0. The highest BCUT2D eigenvalue weighted by molar-refractivity contribution is 14.0. The van der Waals surface area contributed by atoms with Crippen molar-refractivity contribution in [3.63, 3.8) is 0 Å². The van der Waals surface area contributed by atoms with Crippen LogP contribution in [0.25, 0.3) is 0 Å². The Morgan fingerprint density at radius 2 is 1.93 bits per heavy atom. The lowest BCUT2D eigenvalue weighted by atomic mass is 10.1. The van der Waals surface area contributed by atoms with Gasteiger partial charge in [-0.1, -0.05) is 24.3 Å². The first-order chi connectivity index (χ1) is 14.1. The van der Waals surface area contributed by atoms with Crippen molar-refractivity contribution in [3.05, 3.63) is 53.6 Å². The van der Waals surface area contributed by atoms with Gasteiger partial charge >= 0.3 is 0 Å². The predicted octanol–water partition coefficient (Wildman–Crippen LogP) is 3.47. The number of nitrogens with one attached hydrogen (secondary N) is 1. The van der Waals surface area contributed by atoms with Crippen LogP contribution in [0.4, 0.5) is 5.69 Å². The van der Waals surface area contributed by atoms with Crippen LogP contribution in [0.15, 0.2) is 47.5 Å². The molecule has 0 saturated carbocycles. The fraction of sp³-hybridized carbons (Fsp3) is 0.409. The molecule has 2 aromatic rings. The van der Waals surface area contributed by atoms with Gasteiger partial charge in [0, 0.05) is 31.4 Å². The number of halogens is 1. The van der Waals surface area contributed by atoms with Gasteiger partial charge in [-0.3, -0.25) is 4.90 Å². The van der Waals surface area contributed by atoms with Crippen molar-refractivity contribution in [2.24, 2.45) is 10.7 Å². The number of methoxy groups -OCH3 is 2. The summed E-state index contributed by atoms with van der Waals surface area (Å²) in [7, 11) is 3.21. The van der Waals surface area contributed by atoms with E-state index in [9.17, 15) is 0 Å². The van der Waals surface area contributed by atoms with Crippen LogP contribution in [0.1, 0.15) is 18.1 Å². The molecule has 1 unspecified atom stereocenters. The molecule has 1 fully saturated rings. The molecule has 7 nitrogen and oxygen atoms in total. The molecule has 3 N–H and O–H groups in total. The van der Waals surface area contributed by atoms with Crippen molar-refractivity contribution in [2.45, 2.75) is 26.1 Å². The quantitative estimate of drug-likeness (QED) is 0.327. The topological polar surface area (TPSA) is 81.3 Å². The number of nitrogens with two attached hydrogens (primary N) is 1. The van der Waals surface area contributed by atoms with Gasteiger partial charge < -0.3 is 25.3 Å². The molecule has 2 aromatic carbocycles. The Kier molecular flexibility index (Phi) is 9.67. The normalized spacial score (nSPS) is 17.2. The van der Waals surface area contributed by atoms with Gasteiger partial charge in [0.25, 0.3) is 0 Å². The van der Waals surface area contributed by atoms with Gasteiger partial charge in [0.05, 0.1) is 33.5 Å². The molecule has 30 heavy (non-hydrogen) atoms. The Labute approximate surface area is 195 Å². The maximum atomic E-state index is 6.06. The van der Waals surface area contributed by atoms with E-state index in [2.05, 4.69) is 46.4 Å². The molecule has 3 rings (SSSR count).